The highest BCUT2D eigenvalue weighted by Crippen LogP contribution is 2.23. The number of ether oxygens (including phenoxy) is 1. The van der Waals surface area contributed by atoms with E-state index in [0.29, 0.717) is 6.54 Å². The molecular formula is C13H20N2O3S. The Morgan fingerprint density at radius 2 is 2.21 bits per heavy atom. The van der Waals surface area contributed by atoms with Gasteiger partial charge in [0, 0.05) is 19.7 Å². The van der Waals surface area contributed by atoms with Gasteiger partial charge in [-0.25, -0.2) is 13.1 Å². The third-order valence-electron chi connectivity index (χ3n) is 3.51. The van der Waals surface area contributed by atoms with Gasteiger partial charge in [-0.1, -0.05) is 12.1 Å². The van der Waals surface area contributed by atoms with E-state index in [-0.39, 0.29) is 17.0 Å². The van der Waals surface area contributed by atoms with Crippen LogP contribution in [0.5, 0.6) is 0 Å². The minimum absolute atomic E-state index is 0.0348. The summed E-state index contributed by atoms with van der Waals surface area (Å²) < 4.78 is 32.7. The van der Waals surface area contributed by atoms with Crippen LogP contribution in [0.3, 0.4) is 0 Å². The van der Waals surface area contributed by atoms with Crippen LogP contribution >= 0.6 is 0 Å². The Hall–Kier alpha value is -0.950. The van der Waals surface area contributed by atoms with Gasteiger partial charge in [0.05, 0.1) is 11.0 Å². The van der Waals surface area contributed by atoms with E-state index in [9.17, 15) is 8.42 Å². The number of methoxy groups -OCH3 is 1. The third-order valence-corrected chi connectivity index (χ3v) is 4.99. The minimum atomic E-state index is -3.50. The first-order valence-corrected chi connectivity index (χ1v) is 7.89. The minimum Gasteiger partial charge on any atom is -0.380 e. The molecule has 1 aliphatic rings. The molecule has 2 atom stereocenters. The summed E-state index contributed by atoms with van der Waals surface area (Å²) >= 11 is 0. The van der Waals surface area contributed by atoms with Crippen molar-refractivity contribution < 1.29 is 13.2 Å². The van der Waals surface area contributed by atoms with E-state index in [2.05, 4.69) is 4.72 Å². The van der Waals surface area contributed by atoms with Crippen molar-refractivity contribution in [1.29, 1.82) is 0 Å². The lowest BCUT2D eigenvalue weighted by Gasteiger charge is -2.19. The first-order chi connectivity index (χ1) is 9.06. The molecule has 0 heterocycles. The van der Waals surface area contributed by atoms with Gasteiger partial charge in [-0.15, -0.1) is 0 Å². The number of sulfonamides is 1. The molecule has 0 aromatic heterocycles. The maximum atomic E-state index is 12.3. The largest absolute Gasteiger partial charge is 0.380 e. The summed E-state index contributed by atoms with van der Waals surface area (Å²) in [6.07, 6.45) is 2.66. The van der Waals surface area contributed by atoms with Gasteiger partial charge in [0.1, 0.15) is 0 Å². The summed E-state index contributed by atoms with van der Waals surface area (Å²) in [7, 11) is -1.89. The van der Waals surface area contributed by atoms with Crippen molar-refractivity contribution in [3.8, 4) is 0 Å². The lowest BCUT2D eigenvalue weighted by molar-refractivity contribution is 0.0916. The Balaban J connectivity index is 2.17. The van der Waals surface area contributed by atoms with Crippen molar-refractivity contribution >= 4 is 10.0 Å². The summed E-state index contributed by atoms with van der Waals surface area (Å²) in [5, 5.41) is 0. The standard InChI is InChI=1S/C13H20N2O3S/c1-18-13-7-3-6-12(13)15-19(16,17)11-5-2-4-10(8-11)9-14/h2,4-5,8,12-13,15H,3,6-7,9,14H2,1H3. The van der Waals surface area contributed by atoms with Crippen LogP contribution in [-0.4, -0.2) is 27.7 Å². The molecule has 0 radical (unpaired) electrons. The SMILES string of the molecule is COC1CCCC1NS(=O)(=O)c1cccc(CN)c1. The summed E-state index contributed by atoms with van der Waals surface area (Å²) in [6.45, 7) is 0.327. The first kappa shape index (κ1) is 14.5. The third kappa shape index (κ3) is 3.33. The van der Waals surface area contributed by atoms with Gasteiger partial charge >= 0.3 is 0 Å². The number of nitrogens with two attached hydrogens (primary N) is 1. The molecule has 0 bridgehead atoms. The molecule has 1 aliphatic carbocycles. The normalized spacial score (nSPS) is 23.7. The molecule has 2 unspecified atom stereocenters. The van der Waals surface area contributed by atoms with E-state index in [1.165, 1.54) is 0 Å². The van der Waals surface area contributed by atoms with Gasteiger partial charge in [0.25, 0.3) is 0 Å². The maximum absolute atomic E-state index is 12.3. The topological polar surface area (TPSA) is 81.4 Å². The van der Waals surface area contributed by atoms with E-state index >= 15 is 0 Å². The zero-order valence-corrected chi connectivity index (χ0v) is 11.8. The van der Waals surface area contributed by atoms with E-state index in [1.807, 2.05) is 6.07 Å². The van der Waals surface area contributed by atoms with Gasteiger partial charge in [-0.3, -0.25) is 0 Å². The fourth-order valence-corrected chi connectivity index (χ4v) is 3.82. The molecular weight excluding hydrogens is 264 g/mol. The molecule has 6 heteroatoms. The zero-order chi connectivity index (χ0) is 13.9. The second kappa shape index (κ2) is 6.00. The lowest BCUT2D eigenvalue weighted by Crippen LogP contribution is -2.40. The van der Waals surface area contributed by atoms with Crippen LogP contribution < -0.4 is 10.5 Å². The van der Waals surface area contributed by atoms with Gasteiger partial charge in [-0.05, 0) is 37.0 Å². The van der Waals surface area contributed by atoms with Crippen LogP contribution in [0.25, 0.3) is 0 Å². The number of hydrogen-bond donors (Lipinski definition) is 2. The van der Waals surface area contributed by atoms with Crippen molar-refractivity contribution in [2.24, 2.45) is 5.73 Å². The molecule has 19 heavy (non-hydrogen) atoms. The van der Waals surface area contributed by atoms with Gasteiger partial charge in [-0.2, -0.15) is 0 Å². The van der Waals surface area contributed by atoms with Gasteiger partial charge < -0.3 is 10.5 Å². The van der Waals surface area contributed by atoms with Crippen molar-refractivity contribution in [3.63, 3.8) is 0 Å². The smallest absolute Gasteiger partial charge is 0.240 e. The molecule has 2 rings (SSSR count). The molecule has 106 valence electrons. The molecule has 0 amide bonds. The quantitative estimate of drug-likeness (QED) is 0.845. The van der Waals surface area contributed by atoms with Crippen LogP contribution in [0, 0.1) is 0 Å². The predicted octanol–water partition coefficient (Wildman–Crippen LogP) is 0.991. The van der Waals surface area contributed by atoms with E-state index < -0.39 is 10.0 Å². The molecule has 1 fully saturated rings. The molecule has 0 spiro atoms. The lowest BCUT2D eigenvalue weighted by atomic mass is 10.2. The predicted molar refractivity (Wildman–Crippen MR) is 73.1 cm³/mol. The average molecular weight is 284 g/mol. The summed E-state index contributed by atoms with van der Waals surface area (Å²) in [6, 6.07) is 6.57. The highest BCUT2D eigenvalue weighted by molar-refractivity contribution is 7.89. The fraction of sp³-hybridized carbons (Fsp3) is 0.538. The molecule has 0 saturated heterocycles. The maximum Gasteiger partial charge on any atom is 0.240 e. The molecule has 1 aromatic rings. The van der Waals surface area contributed by atoms with Crippen LogP contribution in [-0.2, 0) is 21.3 Å². The van der Waals surface area contributed by atoms with E-state index in [1.54, 1.807) is 25.3 Å². The second-order valence-electron chi connectivity index (χ2n) is 4.78. The van der Waals surface area contributed by atoms with Crippen molar-refractivity contribution in [3.05, 3.63) is 29.8 Å². The van der Waals surface area contributed by atoms with Crippen molar-refractivity contribution in [2.75, 3.05) is 7.11 Å². The van der Waals surface area contributed by atoms with Crippen LogP contribution in [0.4, 0.5) is 0 Å². The Bertz CT molecular complexity index is 530. The Labute approximate surface area is 114 Å². The fourth-order valence-electron chi connectivity index (χ4n) is 2.45. The monoisotopic (exact) mass is 284 g/mol. The van der Waals surface area contributed by atoms with E-state index in [4.69, 9.17) is 10.5 Å². The number of benzene rings is 1. The highest BCUT2D eigenvalue weighted by atomic mass is 32.2. The average Bonchev–Trinajstić information content (AvgIpc) is 2.85. The summed E-state index contributed by atoms with van der Waals surface area (Å²) in [4.78, 5) is 0.261. The van der Waals surface area contributed by atoms with Crippen molar-refractivity contribution in [1.82, 2.24) is 4.72 Å². The molecule has 5 nitrogen and oxygen atoms in total. The van der Waals surface area contributed by atoms with Crippen LogP contribution in [0.15, 0.2) is 29.2 Å². The van der Waals surface area contributed by atoms with Gasteiger partial charge in [0.15, 0.2) is 0 Å². The van der Waals surface area contributed by atoms with Crippen LogP contribution in [0.1, 0.15) is 24.8 Å². The number of rotatable bonds is 5. The van der Waals surface area contributed by atoms with Gasteiger partial charge in [0.2, 0.25) is 10.0 Å². The van der Waals surface area contributed by atoms with Crippen LogP contribution in [0.2, 0.25) is 0 Å². The molecule has 0 aliphatic heterocycles. The Morgan fingerprint density at radius 1 is 1.42 bits per heavy atom. The number of hydrogen-bond acceptors (Lipinski definition) is 4. The Kier molecular flexibility index (Phi) is 4.57. The highest BCUT2D eigenvalue weighted by Gasteiger charge is 2.31. The second-order valence-corrected chi connectivity index (χ2v) is 6.50. The molecule has 3 N–H and O–H groups in total. The zero-order valence-electron chi connectivity index (χ0n) is 11.0. The summed E-state index contributed by atoms with van der Waals surface area (Å²) in [5.41, 5.74) is 6.34. The Morgan fingerprint density at radius 3 is 2.89 bits per heavy atom. The number of nitrogens with one attached hydrogen (secondary N) is 1. The molecule has 1 saturated carbocycles. The van der Waals surface area contributed by atoms with Crippen molar-refractivity contribution in [2.45, 2.75) is 42.8 Å². The molecule has 1 aromatic carbocycles. The first-order valence-electron chi connectivity index (χ1n) is 6.41. The summed E-state index contributed by atoms with van der Waals surface area (Å²) in [5.74, 6) is 0. The van der Waals surface area contributed by atoms with E-state index in [0.717, 1.165) is 24.8 Å².